The van der Waals surface area contributed by atoms with E-state index in [1.807, 2.05) is 17.4 Å². The molecular weight excluding hydrogens is 320 g/mol. The summed E-state index contributed by atoms with van der Waals surface area (Å²) in [5, 5.41) is 5.94. The average Bonchev–Trinajstić information content (AvgIpc) is 3.03. The van der Waals surface area contributed by atoms with Gasteiger partial charge in [0.15, 0.2) is 0 Å². The highest BCUT2D eigenvalue weighted by atomic mass is 35.5. The molecule has 0 saturated heterocycles. The minimum Gasteiger partial charge on any atom is -0.303 e. The summed E-state index contributed by atoms with van der Waals surface area (Å²) in [5.41, 5.74) is 0.330. The van der Waals surface area contributed by atoms with E-state index < -0.39 is 0 Å². The molecule has 1 aliphatic carbocycles. The number of halogens is 1. The summed E-state index contributed by atoms with van der Waals surface area (Å²) in [4.78, 5) is 5.05. The summed E-state index contributed by atoms with van der Waals surface area (Å²) in [6.07, 6.45) is 3.92. The Kier molecular flexibility index (Phi) is 4.71. The van der Waals surface area contributed by atoms with Gasteiger partial charge in [-0.15, -0.1) is 22.7 Å². The lowest BCUT2D eigenvalue weighted by Crippen LogP contribution is -2.56. The van der Waals surface area contributed by atoms with Gasteiger partial charge < -0.3 is 10.2 Å². The first-order valence-corrected chi connectivity index (χ1v) is 9.38. The minimum absolute atomic E-state index is 0.264. The van der Waals surface area contributed by atoms with Crippen LogP contribution in [0.3, 0.4) is 0 Å². The number of nitrogens with zero attached hydrogens (tertiary/aromatic N) is 1. The van der Waals surface area contributed by atoms with Crippen LogP contribution in [0.1, 0.15) is 35.1 Å². The Balaban J connectivity index is 1.77. The number of rotatable bonds is 6. The highest BCUT2D eigenvalue weighted by Gasteiger charge is 2.39. The predicted molar refractivity (Wildman–Crippen MR) is 93.8 cm³/mol. The lowest BCUT2D eigenvalue weighted by atomic mass is 9.75. The fraction of sp³-hybridized carbons (Fsp3) is 0.500. The molecule has 0 bridgehead atoms. The largest absolute Gasteiger partial charge is 0.303 e. The van der Waals surface area contributed by atoms with Crippen molar-refractivity contribution in [2.75, 3.05) is 20.6 Å². The number of nitrogens with one attached hydrogen (secondary N) is 1. The highest BCUT2D eigenvalue weighted by Crippen LogP contribution is 2.38. The van der Waals surface area contributed by atoms with Gasteiger partial charge in [0.1, 0.15) is 0 Å². The Morgan fingerprint density at radius 3 is 2.57 bits per heavy atom. The van der Waals surface area contributed by atoms with Gasteiger partial charge in [-0.2, -0.15) is 0 Å². The minimum atomic E-state index is 0.264. The van der Waals surface area contributed by atoms with Crippen molar-refractivity contribution < 1.29 is 0 Å². The second-order valence-corrected chi connectivity index (χ2v) is 8.67. The first kappa shape index (κ1) is 15.5. The van der Waals surface area contributed by atoms with Crippen molar-refractivity contribution in [3.63, 3.8) is 0 Å². The number of hydrogen-bond donors (Lipinski definition) is 1. The number of likely N-dealkylation sites (N-methyl/N-ethyl adjacent to an activating group) is 1. The molecule has 0 aromatic carbocycles. The van der Waals surface area contributed by atoms with Crippen molar-refractivity contribution in [2.45, 2.75) is 30.8 Å². The SMILES string of the molecule is CN(C)C1(CNC(c2cccs2)c2ccc(Cl)s2)CCC1. The monoisotopic (exact) mass is 340 g/mol. The molecule has 1 N–H and O–H groups in total. The first-order valence-electron chi connectivity index (χ1n) is 7.30. The summed E-state index contributed by atoms with van der Waals surface area (Å²) >= 11 is 9.61. The molecule has 2 nitrogen and oxygen atoms in total. The third kappa shape index (κ3) is 3.20. The van der Waals surface area contributed by atoms with Crippen LogP contribution in [0.5, 0.6) is 0 Å². The van der Waals surface area contributed by atoms with Gasteiger partial charge in [-0.05, 0) is 56.9 Å². The number of hydrogen-bond acceptors (Lipinski definition) is 4. The fourth-order valence-corrected chi connectivity index (χ4v) is 4.99. The molecule has 114 valence electrons. The van der Waals surface area contributed by atoms with E-state index in [2.05, 4.69) is 47.9 Å². The second-order valence-electron chi connectivity index (χ2n) is 5.94. The summed E-state index contributed by atoms with van der Waals surface area (Å²) in [6, 6.07) is 8.73. The molecule has 2 aromatic rings. The van der Waals surface area contributed by atoms with Gasteiger partial charge in [-0.3, -0.25) is 0 Å². The van der Waals surface area contributed by atoms with Crippen molar-refractivity contribution in [2.24, 2.45) is 0 Å². The maximum atomic E-state index is 6.13. The fourth-order valence-electron chi connectivity index (χ4n) is 2.94. The molecule has 2 aromatic heterocycles. The van der Waals surface area contributed by atoms with Crippen LogP contribution in [-0.2, 0) is 0 Å². The van der Waals surface area contributed by atoms with Gasteiger partial charge in [0.05, 0.1) is 10.4 Å². The lowest BCUT2D eigenvalue weighted by molar-refractivity contribution is 0.0584. The third-order valence-corrected chi connectivity index (χ3v) is 6.81. The normalized spacial score (nSPS) is 18.7. The summed E-state index contributed by atoms with van der Waals surface area (Å²) in [5.74, 6) is 0. The van der Waals surface area contributed by atoms with Crippen molar-refractivity contribution in [1.29, 1.82) is 0 Å². The van der Waals surface area contributed by atoms with Crippen molar-refractivity contribution >= 4 is 34.3 Å². The molecule has 1 atom stereocenters. The Hall–Kier alpha value is -0.390. The van der Waals surface area contributed by atoms with Crippen LogP contribution in [0.2, 0.25) is 4.34 Å². The first-order chi connectivity index (χ1) is 10.1. The van der Waals surface area contributed by atoms with Crippen molar-refractivity contribution in [1.82, 2.24) is 10.2 Å². The van der Waals surface area contributed by atoms with Crippen LogP contribution in [0, 0.1) is 0 Å². The van der Waals surface area contributed by atoms with Crippen LogP contribution in [0.25, 0.3) is 0 Å². The molecule has 3 rings (SSSR count). The maximum absolute atomic E-state index is 6.13. The third-order valence-electron chi connectivity index (χ3n) is 4.57. The number of thiophene rings is 2. The van der Waals surface area contributed by atoms with E-state index in [0.29, 0.717) is 5.54 Å². The molecule has 1 saturated carbocycles. The van der Waals surface area contributed by atoms with E-state index in [1.54, 1.807) is 11.3 Å². The second kappa shape index (κ2) is 6.39. The van der Waals surface area contributed by atoms with Crippen LogP contribution < -0.4 is 5.32 Å². The zero-order valence-corrected chi connectivity index (χ0v) is 14.8. The molecule has 1 unspecified atom stereocenters. The molecule has 0 spiro atoms. The van der Waals surface area contributed by atoms with E-state index in [1.165, 1.54) is 29.0 Å². The van der Waals surface area contributed by atoms with E-state index in [0.717, 1.165) is 10.9 Å². The zero-order chi connectivity index (χ0) is 14.9. The quantitative estimate of drug-likeness (QED) is 0.825. The summed E-state index contributed by atoms with van der Waals surface area (Å²) in [7, 11) is 4.39. The topological polar surface area (TPSA) is 15.3 Å². The Morgan fingerprint density at radius 2 is 2.10 bits per heavy atom. The van der Waals surface area contributed by atoms with Gasteiger partial charge in [-0.25, -0.2) is 0 Å². The molecule has 2 heterocycles. The smallest absolute Gasteiger partial charge is 0.0931 e. The molecule has 1 aliphatic rings. The summed E-state index contributed by atoms with van der Waals surface area (Å²) < 4.78 is 0.860. The van der Waals surface area contributed by atoms with Gasteiger partial charge >= 0.3 is 0 Å². The molecule has 21 heavy (non-hydrogen) atoms. The van der Waals surface area contributed by atoms with E-state index in [4.69, 9.17) is 11.6 Å². The van der Waals surface area contributed by atoms with Gasteiger partial charge in [-0.1, -0.05) is 17.7 Å². The zero-order valence-electron chi connectivity index (χ0n) is 12.4. The molecule has 0 amide bonds. The van der Waals surface area contributed by atoms with Gasteiger partial charge in [0.25, 0.3) is 0 Å². The van der Waals surface area contributed by atoms with Crippen LogP contribution in [0.15, 0.2) is 29.6 Å². The Morgan fingerprint density at radius 1 is 1.29 bits per heavy atom. The molecule has 1 fully saturated rings. The van der Waals surface area contributed by atoms with Gasteiger partial charge in [0, 0.05) is 21.8 Å². The van der Waals surface area contributed by atoms with Gasteiger partial charge in [0.2, 0.25) is 0 Å². The standard InChI is InChI=1S/C16H21ClN2S2/c1-19(2)16(8-4-9-16)11-18-15(12-5-3-10-20-12)13-6-7-14(17)21-13/h3,5-7,10,15,18H,4,8-9,11H2,1-2H3. The summed E-state index contributed by atoms with van der Waals surface area (Å²) in [6.45, 7) is 1.03. The molecule has 0 radical (unpaired) electrons. The average molecular weight is 341 g/mol. The Labute approximate surface area is 139 Å². The van der Waals surface area contributed by atoms with E-state index in [9.17, 15) is 0 Å². The highest BCUT2D eigenvalue weighted by molar-refractivity contribution is 7.16. The van der Waals surface area contributed by atoms with E-state index >= 15 is 0 Å². The predicted octanol–water partition coefficient (Wildman–Crippen LogP) is 4.63. The Bertz CT molecular complexity index is 573. The molecule has 5 heteroatoms. The van der Waals surface area contributed by atoms with E-state index in [-0.39, 0.29) is 6.04 Å². The van der Waals surface area contributed by atoms with Crippen LogP contribution in [0.4, 0.5) is 0 Å². The molecule has 0 aliphatic heterocycles. The molecular formula is C16H21ClN2S2. The lowest BCUT2D eigenvalue weighted by Gasteiger charge is -2.48. The van der Waals surface area contributed by atoms with Crippen LogP contribution >= 0.6 is 34.3 Å². The van der Waals surface area contributed by atoms with Crippen molar-refractivity contribution in [3.05, 3.63) is 43.7 Å². The van der Waals surface area contributed by atoms with Crippen molar-refractivity contribution in [3.8, 4) is 0 Å². The maximum Gasteiger partial charge on any atom is 0.0931 e. The van der Waals surface area contributed by atoms with Crippen LogP contribution in [-0.4, -0.2) is 31.1 Å².